The minimum Gasteiger partial charge on any atom is -0.326 e. The second kappa shape index (κ2) is 6.98. The molecule has 1 aromatic rings. The Morgan fingerprint density at radius 2 is 1.87 bits per heavy atom. The molecule has 1 fully saturated rings. The maximum Gasteiger partial charge on any atom is 0.241 e. The Balaban J connectivity index is 2.12. The summed E-state index contributed by atoms with van der Waals surface area (Å²) >= 11 is 0. The third kappa shape index (κ3) is 5.30. The summed E-state index contributed by atoms with van der Waals surface area (Å²) in [5.74, 6) is -0.0750. The van der Waals surface area contributed by atoms with E-state index < -0.39 is 15.6 Å². The van der Waals surface area contributed by atoms with E-state index in [0.29, 0.717) is 5.69 Å². The Morgan fingerprint density at radius 1 is 1.22 bits per heavy atom. The molecule has 3 N–H and O–H groups in total. The minimum atomic E-state index is -3.61. The summed E-state index contributed by atoms with van der Waals surface area (Å²) in [6.45, 7) is 7.03. The fraction of sp³-hybridized carbons (Fsp3) is 0.562. The quantitative estimate of drug-likeness (QED) is 0.779. The van der Waals surface area contributed by atoms with Gasteiger partial charge in [0.1, 0.15) is 0 Å². The predicted molar refractivity (Wildman–Crippen MR) is 90.7 cm³/mol. The number of hydrogen-bond acceptors (Lipinski definition) is 4. The Hall–Kier alpha value is -1.44. The van der Waals surface area contributed by atoms with Crippen molar-refractivity contribution in [3.8, 4) is 0 Å². The number of piperidine rings is 1. The average molecular weight is 339 g/mol. The molecular weight excluding hydrogens is 314 g/mol. The van der Waals surface area contributed by atoms with Crippen molar-refractivity contribution < 1.29 is 13.2 Å². The first-order valence-corrected chi connectivity index (χ1v) is 9.31. The van der Waals surface area contributed by atoms with Gasteiger partial charge in [0.15, 0.2) is 0 Å². The molecule has 0 aromatic heterocycles. The molecule has 1 aromatic carbocycles. The molecule has 0 atom stereocenters. The Bertz CT molecular complexity index is 659. The zero-order valence-electron chi connectivity index (χ0n) is 13.8. The summed E-state index contributed by atoms with van der Waals surface area (Å²) in [5, 5.41) is 6.04. The van der Waals surface area contributed by atoms with Gasteiger partial charge in [-0.15, -0.1) is 0 Å². The van der Waals surface area contributed by atoms with Crippen LogP contribution < -0.4 is 15.4 Å². The Morgan fingerprint density at radius 3 is 2.48 bits per heavy atom. The number of nitrogens with one attached hydrogen (secondary N) is 3. The third-order valence-corrected chi connectivity index (χ3v) is 5.32. The van der Waals surface area contributed by atoms with Crippen LogP contribution >= 0.6 is 0 Å². The van der Waals surface area contributed by atoms with Gasteiger partial charge in [-0.1, -0.05) is 6.07 Å². The molecule has 2 rings (SSSR count). The highest BCUT2D eigenvalue weighted by molar-refractivity contribution is 7.89. The van der Waals surface area contributed by atoms with Gasteiger partial charge in [-0.3, -0.25) is 4.79 Å². The average Bonchev–Trinajstić information content (AvgIpc) is 2.46. The summed E-state index contributed by atoms with van der Waals surface area (Å²) in [6.07, 6.45) is 1.60. The van der Waals surface area contributed by atoms with E-state index in [9.17, 15) is 13.2 Å². The van der Waals surface area contributed by atoms with E-state index in [1.165, 1.54) is 12.1 Å². The summed E-state index contributed by atoms with van der Waals surface area (Å²) in [5.41, 5.74) is -0.0574. The predicted octanol–water partition coefficient (Wildman–Crippen LogP) is 1.70. The molecule has 6 nitrogen and oxygen atoms in total. The van der Waals surface area contributed by atoms with Gasteiger partial charge in [0.05, 0.1) is 4.90 Å². The first-order valence-electron chi connectivity index (χ1n) is 7.83. The lowest BCUT2D eigenvalue weighted by molar-refractivity contribution is -0.120. The van der Waals surface area contributed by atoms with Crippen LogP contribution in [0.5, 0.6) is 0 Å². The number of benzene rings is 1. The van der Waals surface area contributed by atoms with Crippen LogP contribution in [0.2, 0.25) is 0 Å². The van der Waals surface area contributed by atoms with Crippen LogP contribution in [0.15, 0.2) is 29.2 Å². The van der Waals surface area contributed by atoms with Crippen molar-refractivity contribution in [1.82, 2.24) is 10.0 Å². The van der Waals surface area contributed by atoms with E-state index >= 15 is 0 Å². The molecule has 0 aliphatic carbocycles. The fourth-order valence-electron chi connectivity index (χ4n) is 2.53. The standard InChI is InChI=1S/C16H25N3O3S/c1-16(2,3)19-23(21,22)14-6-4-5-13(11-14)18-15(20)12-7-9-17-10-8-12/h4-6,11-12,17,19H,7-10H2,1-3H3,(H,18,20). The second-order valence-electron chi connectivity index (χ2n) is 6.90. The molecule has 0 saturated carbocycles. The minimum absolute atomic E-state index is 0.0239. The lowest BCUT2D eigenvalue weighted by Crippen LogP contribution is -2.40. The molecule has 1 saturated heterocycles. The highest BCUT2D eigenvalue weighted by Crippen LogP contribution is 2.20. The van der Waals surface area contributed by atoms with Gasteiger partial charge in [0.25, 0.3) is 0 Å². The molecule has 1 amide bonds. The topological polar surface area (TPSA) is 87.3 Å². The van der Waals surface area contributed by atoms with E-state index in [4.69, 9.17) is 0 Å². The number of carbonyl (C=O) groups is 1. The third-order valence-electron chi connectivity index (χ3n) is 3.56. The second-order valence-corrected chi connectivity index (χ2v) is 8.58. The highest BCUT2D eigenvalue weighted by Gasteiger charge is 2.23. The molecule has 1 aliphatic heterocycles. The molecule has 1 heterocycles. The lowest BCUT2D eigenvalue weighted by Gasteiger charge is -2.22. The van der Waals surface area contributed by atoms with Crippen LogP contribution in [0.25, 0.3) is 0 Å². The van der Waals surface area contributed by atoms with Crippen molar-refractivity contribution in [2.75, 3.05) is 18.4 Å². The van der Waals surface area contributed by atoms with Crippen LogP contribution in [-0.2, 0) is 14.8 Å². The van der Waals surface area contributed by atoms with Gasteiger partial charge >= 0.3 is 0 Å². The molecule has 1 aliphatic rings. The van der Waals surface area contributed by atoms with E-state index in [1.54, 1.807) is 32.9 Å². The fourth-order valence-corrected chi connectivity index (χ4v) is 4.00. The van der Waals surface area contributed by atoms with Crippen LogP contribution in [-0.4, -0.2) is 33.0 Å². The van der Waals surface area contributed by atoms with E-state index in [2.05, 4.69) is 15.4 Å². The molecule has 0 spiro atoms. The smallest absolute Gasteiger partial charge is 0.241 e. The van der Waals surface area contributed by atoms with Gasteiger partial charge in [0, 0.05) is 17.1 Å². The zero-order chi connectivity index (χ0) is 17.1. The molecule has 0 unspecified atom stereocenters. The number of carbonyl (C=O) groups excluding carboxylic acids is 1. The van der Waals surface area contributed by atoms with Crippen molar-refractivity contribution >= 4 is 21.6 Å². The maximum atomic E-state index is 12.4. The largest absolute Gasteiger partial charge is 0.326 e. The number of sulfonamides is 1. The number of rotatable bonds is 4. The van der Waals surface area contributed by atoms with Crippen molar-refractivity contribution in [3.05, 3.63) is 24.3 Å². The first kappa shape index (κ1) is 17.9. The molecule has 128 valence electrons. The molecule has 7 heteroatoms. The lowest BCUT2D eigenvalue weighted by atomic mass is 9.97. The molecule has 23 heavy (non-hydrogen) atoms. The van der Waals surface area contributed by atoms with E-state index in [1.807, 2.05) is 0 Å². The van der Waals surface area contributed by atoms with Crippen molar-refractivity contribution in [3.63, 3.8) is 0 Å². The van der Waals surface area contributed by atoms with Gasteiger partial charge in [-0.25, -0.2) is 13.1 Å². The molecule has 0 bridgehead atoms. The summed E-state index contributed by atoms with van der Waals surface area (Å²) in [4.78, 5) is 12.4. The van der Waals surface area contributed by atoms with Crippen LogP contribution in [0, 0.1) is 5.92 Å². The van der Waals surface area contributed by atoms with Crippen molar-refractivity contribution in [2.24, 2.45) is 5.92 Å². The number of amides is 1. The summed E-state index contributed by atoms with van der Waals surface area (Å²) < 4.78 is 27.3. The number of anilines is 1. The highest BCUT2D eigenvalue weighted by atomic mass is 32.2. The zero-order valence-corrected chi connectivity index (χ0v) is 14.7. The number of hydrogen-bond donors (Lipinski definition) is 3. The van der Waals surface area contributed by atoms with Crippen LogP contribution in [0.3, 0.4) is 0 Å². The van der Waals surface area contributed by atoms with Crippen LogP contribution in [0.1, 0.15) is 33.6 Å². The van der Waals surface area contributed by atoms with E-state index in [-0.39, 0.29) is 16.7 Å². The van der Waals surface area contributed by atoms with Gasteiger partial charge < -0.3 is 10.6 Å². The Kier molecular flexibility index (Phi) is 5.44. The van der Waals surface area contributed by atoms with Crippen molar-refractivity contribution in [1.29, 1.82) is 0 Å². The van der Waals surface area contributed by atoms with Crippen molar-refractivity contribution in [2.45, 2.75) is 44.0 Å². The monoisotopic (exact) mass is 339 g/mol. The summed E-state index contributed by atoms with van der Waals surface area (Å²) in [6, 6.07) is 6.35. The van der Waals surface area contributed by atoms with Gasteiger partial charge in [-0.2, -0.15) is 0 Å². The van der Waals surface area contributed by atoms with Gasteiger partial charge in [0.2, 0.25) is 15.9 Å². The Labute approximate surface area is 138 Å². The normalized spacial score (nSPS) is 17.0. The first-order chi connectivity index (χ1) is 10.7. The molecular formula is C16H25N3O3S. The molecule has 0 radical (unpaired) electrons. The van der Waals surface area contributed by atoms with E-state index in [0.717, 1.165) is 25.9 Å². The van der Waals surface area contributed by atoms with Crippen LogP contribution in [0.4, 0.5) is 5.69 Å². The maximum absolute atomic E-state index is 12.4. The SMILES string of the molecule is CC(C)(C)NS(=O)(=O)c1cccc(NC(=O)C2CCNCC2)c1. The summed E-state index contributed by atoms with van der Waals surface area (Å²) in [7, 11) is -3.61. The van der Waals surface area contributed by atoms with Gasteiger partial charge in [-0.05, 0) is 64.9 Å².